The molecule has 2 rings (SSSR count). The van der Waals surface area contributed by atoms with Crippen LogP contribution < -0.4 is 5.32 Å². The first kappa shape index (κ1) is 19.7. The molecule has 9 heteroatoms. The zero-order valence-electron chi connectivity index (χ0n) is 15.0. The van der Waals surface area contributed by atoms with Gasteiger partial charge < -0.3 is 10.1 Å². The average Bonchev–Trinajstić information content (AvgIpc) is 2.91. The van der Waals surface area contributed by atoms with Crippen molar-refractivity contribution in [2.45, 2.75) is 38.5 Å². The molecule has 2 heterocycles. The van der Waals surface area contributed by atoms with Crippen LogP contribution in [0.5, 0.6) is 0 Å². The molecule has 2 aromatic rings. The number of carbonyl (C=O) groups is 1. The Hall–Kier alpha value is -2.58. The Morgan fingerprint density at radius 1 is 1.23 bits per heavy atom. The second kappa shape index (κ2) is 7.35. The van der Waals surface area contributed by atoms with Crippen LogP contribution in [0.25, 0.3) is 0 Å². The lowest BCUT2D eigenvalue weighted by Gasteiger charge is -2.22. The number of alkyl halides is 3. The minimum Gasteiger partial charge on any atom is -0.444 e. The number of ether oxygens (including phenoxy) is 1. The number of hydrogen-bond donors (Lipinski definition) is 1. The van der Waals surface area contributed by atoms with E-state index in [-0.39, 0.29) is 6.54 Å². The van der Waals surface area contributed by atoms with Crippen LogP contribution >= 0.6 is 0 Å². The second-order valence-corrected chi connectivity index (χ2v) is 6.86. The third-order valence-electron chi connectivity index (χ3n) is 3.46. The highest BCUT2D eigenvalue weighted by Gasteiger charge is 2.32. The molecule has 26 heavy (non-hydrogen) atoms. The summed E-state index contributed by atoms with van der Waals surface area (Å²) in [4.78, 5) is 15.4. The minimum absolute atomic E-state index is 0.133. The summed E-state index contributed by atoms with van der Waals surface area (Å²) in [6.07, 6.45) is -0.613. The molecule has 0 aromatic carbocycles. The highest BCUT2D eigenvalue weighted by molar-refractivity contribution is 5.67. The molecule has 0 aliphatic rings. The molecule has 1 unspecified atom stereocenters. The molecule has 0 aliphatic heterocycles. The van der Waals surface area contributed by atoms with E-state index in [1.54, 1.807) is 44.9 Å². The van der Waals surface area contributed by atoms with E-state index >= 15 is 0 Å². The fraction of sp³-hybridized carbons (Fsp3) is 0.471. The maximum Gasteiger partial charge on any atom is 0.433 e. The molecule has 1 atom stereocenters. The van der Waals surface area contributed by atoms with Gasteiger partial charge in [-0.1, -0.05) is 6.07 Å². The molecule has 0 radical (unpaired) electrons. The van der Waals surface area contributed by atoms with E-state index in [9.17, 15) is 18.0 Å². The van der Waals surface area contributed by atoms with E-state index < -0.39 is 29.5 Å². The first-order chi connectivity index (χ1) is 12.0. The third-order valence-corrected chi connectivity index (χ3v) is 3.46. The Kier molecular flexibility index (Phi) is 5.58. The number of nitrogens with zero attached hydrogens (tertiary/aromatic N) is 3. The number of aryl methyl sites for hydroxylation is 1. The standard InChI is InChI=1S/C17H21F3N4O2/c1-16(2,3)26-15(25)22-9-13(12-8-23-24(4)10-12)11-5-6-14(21-7-11)17(18,19)20/h5-8,10,13H,9H2,1-4H3,(H,22,25). The molecule has 142 valence electrons. The molecule has 2 aromatic heterocycles. The summed E-state index contributed by atoms with van der Waals surface area (Å²) in [5.41, 5.74) is -0.345. The lowest BCUT2D eigenvalue weighted by Crippen LogP contribution is -2.35. The summed E-state index contributed by atoms with van der Waals surface area (Å²) in [7, 11) is 1.73. The van der Waals surface area contributed by atoms with E-state index in [4.69, 9.17) is 4.74 Å². The van der Waals surface area contributed by atoms with Crippen LogP contribution in [0.3, 0.4) is 0 Å². The largest absolute Gasteiger partial charge is 0.444 e. The molecule has 6 nitrogen and oxygen atoms in total. The van der Waals surface area contributed by atoms with Crippen molar-refractivity contribution in [3.8, 4) is 0 Å². The number of amides is 1. The average molecular weight is 370 g/mol. The highest BCUT2D eigenvalue weighted by atomic mass is 19.4. The first-order valence-corrected chi connectivity index (χ1v) is 7.94. The summed E-state index contributed by atoms with van der Waals surface area (Å²) in [6, 6.07) is 2.27. The lowest BCUT2D eigenvalue weighted by molar-refractivity contribution is -0.141. The Morgan fingerprint density at radius 3 is 2.38 bits per heavy atom. The van der Waals surface area contributed by atoms with Crippen LogP contribution in [0.2, 0.25) is 0 Å². The van der Waals surface area contributed by atoms with Gasteiger partial charge in [0.15, 0.2) is 0 Å². The number of pyridine rings is 1. The van der Waals surface area contributed by atoms with Gasteiger partial charge in [0.05, 0.1) is 6.20 Å². The van der Waals surface area contributed by atoms with Crippen LogP contribution in [0.4, 0.5) is 18.0 Å². The summed E-state index contributed by atoms with van der Waals surface area (Å²) in [5, 5.41) is 6.72. The van der Waals surface area contributed by atoms with Crippen LogP contribution in [0.1, 0.15) is 43.5 Å². The Morgan fingerprint density at radius 2 is 1.92 bits per heavy atom. The Bertz CT molecular complexity index is 749. The number of hydrogen-bond acceptors (Lipinski definition) is 4. The van der Waals surface area contributed by atoms with Gasteiger partial charge in [0.2, 0.25) is 0 Å². The van der Waals surface area contributed by atoms with Gasteiger partial charge in [0.1, 0.15) is 11.3 Å². The van der Waals surface area contributed by atoms with Crippen molar-refractivity contribution in [3.05, 3.63) is 47.5 Å². The lowest BCUT2D eigenvalue weighted by atomic mass is 9.94. The summed E-state index contributed by atoms with van der Waals surface area (Å²) in [5.74, 6) is -0.411. The molecule has 0 fully saturated rings. The van der Waals surface area contributed by atoms with E-state index in [1.165, 1.54) is 6.07 Å². The minimum atomic E-state index is -4.50. The van der Waals surface area contributed by atoms with E-state index in [2.05, 4.69) is 15.4 Å². The smallest absolute Gasteiger partial charge is 0.433 e. The predicted octanol–water partition coefficient (Wildman–Crippen LogP) is 3.49. The quantitative estimate of drug-likeness (QED) is 0.895. The summed E-state index contributed by atoms with van der Waals surface area (Å²) in [6.45, 7) is 5.36. The number of nitrogens with one attached hydrogen (secondary N) is 1. The summed E-state index contributed by atoms with van der Waals surface area (Å²) < 4.78 is 44.9. The van der Waals surface area contributed by atoms with Crippen LogP contribution in [-0.4, -0.2) is 33.0 Å². The van der Waals surface area contributed by atoms with Crippen molar-refractivity contribution in [3.63, 3.8) is 0 Å². The van der Waals surface area contributed by atoms with Crippen molar-refractivity contribution in [2.24, 2.45) is 7.05 Å². The monoisotopic (exact) mass is 370 g/mol. The van der Waals surface area contributed by atoms with E-state index in [1.807, 2.05) is 0 Å². The maximum atomic E-state index is 12.7. The molecule has 1 amide bonds. The predicted molar refractivity (Wildman–Crippen MR) is 88.5 cm³/mol. The SMILES string of the molecule is Cn1cc(C(CNC(=O)OC(C)(C)C)c2ccc(C(F)(F)F)nc2)cn1. The molecule has 0 spiro atoms. The molecule has 0 bridgehead atoms. The number of rotatable bonds is 4. The highest BCUT2D eigenvalue weighted by Crippen LogP contribution is 2.29. The maximum absolute atomic E-state index is 12.7. The number of aromatic nitrogens is 3. The third kappa shape index (κ3) is 5.47. The fourth-order valence-corrected chi connectivity index (χ4v) is 2.33. The zero-order valence-corrected chi connectivity index (χ0v) is 15.0. The molecule has 0 aliphatic carbocycles. The summed E-state index contributed by atoms with van der Waals surface area (Å²) >= 11 is 0. The Labute approximate surface area is 149 Å². The van der Waals surface area contributed by atoms with Gasteiger partial charge >= 0.3 is 12.3 Å². The van der Waals surface area contributed by atoms with E-state index in [0.717, 1.165) is 17.8 Å². The topological polar surface area (TPSA) is 69.0 Å². The molecule has 0 saturated heterocycles. The van der Waals surface area contributed by atoms with Gasteiger partial charge in [0, 0.05) is 31.9 Å². The van der Waals surface area contributed by atoms with Gasteiger partial charge in [-0.3, -0.25) is 9.67 Å². The van der Waals surface area contributed by atoms with Crippen LogP contribution in [-0.2, 0) is 18.0 Å². The number of halogens is 3. The molecule has 0 saturated carbocycles. The van der Waals surface area contributed by atoms with Crippen LogP contribution in [0, 0.1) is 0 Å². The second-order valence-electron chi connectivity index (χ2n) is 6.86. The van der Waals surface area contributed by atoms with Crippen molar-refractivity contribution in [1.82, 2.24) is 20.1 Å². The van der Waals surface area contributed by atoms with Crippen molar-refractivity contribution in [2.75, 3.05) is 6.54 Å². The van der Waals surface area contributed by atoms with Crippen molar-refractivity contribution >= 4 is 6.09 Å². The number of carbonyl (C=O) groups excluding carboxylic acids is 1. The van der Waals surface area contributed by atoms with Gasteiger partial charge in [-0.15, -0.1) is 0 Å². The molecular formula is C17H21F3N4O2. The van der Waals surface area contributed by atoms with Gasteiger partial charge in [-0.2, -0.15) is 18.3 Å². The van der Waals surface area contributed by atoms with Gasteiger partial charge in [0.25, 0.3) is 0 Å². The zero-order chi connectivity index (χ0) is 19.5. The van der Waals surface area contributed by atoms with Gasteiger partial charge in [-0.25, -0.2) is 4.79 Å². The molecule has 1 N–H and O–H groups in total. The molecular weight excluding hydrogens is 349 g/mol. The van der Waals surface area contributed by atoms with Gasteiger partial charge in [-0.05, 0) is 38.0 Å². The number of alkyl carbamates (subject to hydrolysis) is 1. The first-order valence-electron chi connectivity index (χ1n) is 7.94. The van der Waals surface area contributed by atoms with Crippen molar-refractivity contribution < 1.29 is 22.7 Å². The normalized spacial score (nSPS) is 13.3. The fourth-order valence-electron chi connectivity index (χ4n) is 2.33. The van der Waals surface area contributed by atoms with E-state index in [0.29, 0.717) is 5.56 Å². The van der Waals surface area contributed by atoms with Crippen molar-refractivity contribution in [1.29, 1.82) is 0 Å². The van der Waals surface area contributed by atoms with Crippen LogP contribution in [0.15, 0.2) is 30.7 Å². The Balaban J connectivity index is 2.21.